The second-order valence-electron chi connectivity index (χ2n) is 9.21. The quantitative estimate of drug-likeness (QED) is 0.217. The predicted octanol–water partition coefficient (Wildman–Crippen LogP) is 8.01. The Kier molecular flexibility index (Phi) is 6.51. The van der Waals surface area contributed by atoms with E-state index in [0.29, 0.717) is 0 Å². The molecule has 0 heterocycles. The summed E-state index contributed by atoms with van der Waals surface area (Å²) in [5.41, 5.74) is 12.2. The van der Waals surface area contributed by atoms with E-state index in [4.69, 9.17) is 0 Å². The molecule has 0 aliphatic heterocycles. The molecule has 0 unspecified atom stereocenters. The fourth-order valence-electron chi connectivity index (χ4n) is 4.93. The molecule has 1 radical (unpaired) electrons. The van der Waals surface area contributed by atoms with E-state index in [1.807, 2.05) is 0 Å². The summed E-state index contributed by atoms with van der Waals surface area (Å²) in [6.45, 7) is 0. The van der Waals surface area contributed by atoms with Gasteiger partial charge < -0.3 is 0 Å². The number of hydrogen-bond donors (Lipinski definition) is 0. The SMILES string of the molecule is [B](c1ccccc1-c1cccc(-c2ccccc2)c1)c1ccccc1-c1cccc(-c2ccccc2)c1. The molecule has 0 saturated heterocycles. The van der Waals surface area contributed by atoms with Crippen LogP contribution in [0.25, 0.3) is 44.5 Å². The van der Waals surface area contributed by atoms with Crippen LogP contribution in [-0.4, -0.2) is 7.28 Å². The van der Waals surface area contributed by atoms with E-state index in [1.54, 1.807) is 0 Å². The summed E-state index contributed by atoms with van der Waals surface area (Å²) >= 11 is 0. The van der Waals surface area contributed by atoms with Crippen LogP contribution in [0.1, 0.15) is 0 Å². The molecule has 0 bridgehead atoms. The van der Waals surface area contributed by atoms with Crippen LogP contribution in [0.4, 0.5) is 0 Å². The molecular formula is C36H26B. The standard InChI is InChI=1S/C36H26B/c1-3-13-27(14-4-1)29-17-11-19-31(25-29)33-21-7-9-23-35(33)37-36-24-10-8-22-34(36)32-20-12-18-30(26-32)28-15-5-2-6-16-28/h1-26H. The first-order chi connectivity index (χ1) is 18.3. The molecular weight excluding hydrogens is 443 g/mol. The lowest BCUT2D eigenvalue weighted by Crippen LogP contribution is -2.30. The summed E-state index contributed by atoms with van der Waals surface area (Å²) in [7, 11) is 2.31. The highest BCUT2D eigenvalue weighted by molar-refractivity contribution is 6.70. The van der Waals surface area contributed by atoms with Gasteiger partial charge in [0, 0.05) is 0 Å². The first-order valence-corrected chi connectivity index (χ1v) is 12.7. The fourth-order valence-corrected chi connectivity index (χ4v) is 4.93. The van der Waals surface area contributed by atoms with E-state index < -0.39 is 0 Å². The fraction of sp³-hybridized carbons (Fsp3) is 0. The van der Waals surface area contributed by atoms with E-state index in [-0.39, 0.29) is 0 Å². The molecule has 0 nitrogen and oxygen atoms in total. The maximum Gasteiger partial charge on any atom is 0.193 e. The molecule has 1 heteroatoms. The minimum Gasteiger partial charge on any atom is -0.0737 e. The van der Waals surface area contributed by atoms with Crippen LogP contribution in [0.3, 0.4) is 0 Å². The van der Waals surface area contributed by atoms with Gasteiger partial charge in [0.15, 0.2) is 7.28 Å². The number of rotatable bonds is 6. The van der Waals surface area contributed by atoms with Crippen LogP contribution in [0.2, 0.25) is 0 Å². The van der Waals surface area contributed by atoms with Gasteiger partial charge in [-0.2, -0.15) is 0 Å². The van der Waals surface area contributed by atoms with Gasteiger partial charge in [-0.15, -0.1) is 0 Å². The summed E-state index contributed by atoms with van der Waals surface area (Å²) in [5.74, 6) is 0. The first kappa shape index (κ1) is 22.8. The zero-order valence-corrected chi connectivity index (χ0v) is 20.6. The molecule has 0 saturated carbocycles. The van der Waals surface area contributed by atoms with Crippen LogP contribution in [0.15, 0.2) is 158 Å². The zero-order valence-electron chi connectivity index (χ0n) is 20.6. The Morgan fingerprint density at radius 2 is 0.622 bits per heavy atom. The van der Waals surface area contributed by atoms with Crippen LogP contribution in [0, 0.1) is 0 Å². The molecule has 0 fully saturated rings. The maximum atomic E-state index is 2.31. The summed E-state index contributed by atoms with van der Waals surface area (Å²) in [6, 6.07) is 56.1. The van der Waals surface area contributed by atoms with Crippen molar-refractivity contribution in [2.75, 3.05) is 0 Å². The van der Waals surface area contributed by atoms with Gasteiger partial charge in [-0.25, -0.2) is 0 Å². The first-order valence-electron chi connectivity index (χ1n) is 12.7. The van der Waals surface area contributed by atoms with Gasteiger partial charge in [0.05, 0.1) is 0 Å². The van der Waals surface area contributed by atoms with Crippen molar-refractivity contribution in [2.24, 2.45) is 0 Å². The zero-order chi connectivity index (χ0) is 24.9. The third-order valence-corrected chi connectivity index (χ3v) is 6.79. The van der Waals surface area contributed by atoms with Crippen molar-refractivity contribution >= 4 is 18.2 Å². The molecule has 6 aromatic rings. The lowest BCUT2D eigenvalue weighted by Gasteiger charge is -2.14. The van der Waals surface area contributed by atoms with E-state index in [2.05, 4.69) is 165 Å². The number of benzene rings is 6. The van der Waals surface area contributed by atoms with Gasteiger partial charge in [-0.05, 0) is 56.6 Å². The molecule has 6 aromatic carbocycles. The second-order valence-corrected chi connectivity index (χ2v) is 9.21. The molecule has 0 aliphatic carbocycles. The van der Waals surface area contributed by atoms with E-state index in [9.17, 15) is 0 Å². The largest absolute Gasteiger partial charge is 0.193 e. The molecule has 173 valence electrons. The van der Waals surface area contributed by atoms with Gasteiger partial charge >= 0.3 is 0 Å². The highest BCUT2D eigenvalue weighted by atomic mass is 14.1. The van der Waals surface area contributed by atoms with Crippen LogP contribution in [0.5, 0.6) is 0 Å². The second kappa shape index (κ2) is 10.6. The maximum absolute atomic E-state index is 2.31. The highest BCUT2D eigenvalue weighted by Gasteiger charge is 2.12. The Balaban J connectivity index is 1.37. The average molecular weight is 469 g/mol. The van der Waals surface area contributed by atoms with Crippen molar-refractivity contribution in [3.8, 4) is 44.5 Å². The van der Waals surface area contributed by atoms with Gasteiger partial charge in [0.2, 0.25) is 0 Å². The topological polar surface area (TPSA) is 0 Å². The molecule has 0 atom stereocenters. The molecule has 0 aliphatic rings. The molecule has 37 heavy (non-hydrogen) atoms. The lowest BCUT2D eigenvalue weighted by atomic mass is 9.60. The van der Waals surface area contributed by atoms with Crippen molar-refractivity contribution in [1.82, 2.24) is 0 Å². The lowest BCUT2D eigenvalue weighted by molar-refractivity contribution is 1.59. The summed E-state index contributed by atoms with van der Waals surface area (Å²) in [5, 5.41) is 0. The van der Waals surface area contributed by atoms with Crippen molar-refractivity contribution in [3.05, 3.63) is 158 Å². The van der Waals surface area contributed by atoms with Crippen molar-refractivity contribution in [3.63, 3.8) is 0 Å². The Labute approximate surface area is 220 Å². The van der Waals surface area contributed by atoms with Crippen molar-refractivity contribution in [2.45, 2.75) is 0 Å². The summed E-state index contributed by atoms with van der Waals surface area (Å²) in [4.78, 5) is 0. The average Bonchev–Trinajstić information content (AvgIpc) is 2.99. The van der Waals surface area contributed by atoms with Crippen molar-refractivity contribution < 1.29 is 0 Å². The normalized spacial score (nSPS) is 10.7. The van der Waals surface area contributed by atoms with Gasteiger partial charge in [0.1, 0.15) is 0 Å². The minimum absolute atomic E-state index is 1.21. The van der Waals surface area contributed by atoms with Gasteiger partial charge in [-0.1, -0.05) is 157 Å². The van der Waals surface area contributed by atoms with Crippen molar-refractivity contribution in [1.29, 1.82) is 0 Å². The molecule has 0 spiro atoms. The van der Waals surface area contributed by atoms with E-state index in [1.165, 1.54) is 55.4 Å². The Bertz CT molecular complexity index is 1510. The molecule has 0 aromatic heterocycles. The Morgan fingerprint density at radius 1 is 0.270 bits per heavy atom. The Morgan fingerprint density at radius 3 is 1.08 bits per heavy atom. The van der Waals surface area contributed by atoms with Crippen LogP contribution >= 0.6 is 0 Å². The summed E-state index contributed by atoms with van der Waals surface area (Å²) < 4.78 is 0. The minimum atomic E-state index is 1.21. The van der Waals surface area contributed by atoms with Gasteiger partial charge in [0.25, 0.3) is 0 Å². The third kappa shape index (κ3) is 5.03. The predicted molar refractivity (Wildman–Crippen MR) is 160 cm³/mol. The monoisotopic (exact) mass is 469 g/mol. The third-order valence-electron chi connectivity index (χ3n) is 6.79. The molecule has 0 N–H and O–H groups in total. The Hall–Kier alpha value is -4.62. The smallest absolute Gasteiger partial charge is 0.0737 e. The van der Waals surface area contributed by atoms with Crippen LogP contribution in [-0.2, 0) is 0 Å². The summed E-state index contributed by atoms with van der Waals surface area (Å²) in [6.07, 6.45) is 0. The number of hydrogen-bond acceptors (Lipinski definition) is 0. The van der Waals surface area contributed by atoms with Crippen LogP contribution < -0.4 is 10.9 Å². The molecule has 6 rings (SSSR count). The highest BCUT2D eigenvalue weighted by Crippen LogP contribution is 2.27. The molecule has 0 amide bonds. The van der Waals surface area contributed by atoms with E-state index >= 15 is 0 Å². The van der Waals surface area contributed by atoms with E-state index in [0.717, 1.165) is 0 Å². The van der Waals surface area contributed by atoms with Gasteiger partial charge in [-0.3, -0.25) is 0 Å².